The Morgan fingerprint density at radius 2 is 2.11 bits per heavy atom. The topological polar surface area (TPSA) is 38.8 Å². The van der Waals surface area contributed by atoms with E-state index >= 15 is 0 Å². The predicted molar refractivity (Wildman–Crippen MR) is 147 cm³/mol. The summed E-state index contributed by atoms with van der Waals surface area (Å²) in [6.45, 7) is 6.82. The van der Waals surface area contributed by atoms with Crippen molar-refractivity contribution in [3.05, 3.63) is 70.3 Å². The first-order chi connectivity index (χ1) is 17.4. The third-order valence-electron chi connectivity index (χ3n) is 8.93. The molecule has 4 nitrogen and oxygen atoms in total. The molecule has 5 rings (SSSR count). The van der Waals surface area contributed by atoms with Crippen molar-refractivity contribution in [1.29, 1.82) is 0 Å². The number of rotatable bonds is 7. The highest BCUT2D eigenvalue weighted by Gasteiger charge is 2.47. The van der Waals surface area contributed by atoms with Crippen LogP contribution in [0, 0.1) is 11.8 Å². The second-order valence-corrected chi connectivity index (χ2v) is 11.5. The minimum Gasteiger partial charge on any atom is -0.490 e. The smallest absolute Gasteiger partial charge is 0.150 e. The van der Waals surface area contributed by atoms with Crippen LogP contribution in [0.25, 0.3) is 0 Å². The van der Waals surface area contributed by atoms with Gasteiger partial charge in [0.05, 0.1) is 17.9 Å². The summed E-state index contributed by atoms with van der Waals surface area (Å²) < 4.78 is 12.6. The van der Waals surface area contributed by atoms with Crippen LogP contribution in [0.4, 0.5) is 5.69 Å². The number of anilines is 1. The van der Waals surface area contributed by atoms with Gasteiger partial charge < -0.3 is 14.4 Å². The SMILES string of the molecule is CC/C=C/[C@](C)(OC)C1CCC1CN1C[C@@]2(CCCc3cc(Cl)ccc32)COc2ccc(C=O)cc21. The number of halogens is 1. The number of carbonyl (C=O) groups is 1. The zero-order valence-electron chi connectivity index (χ0n) is 21.8. The molecule has 0 saturated heterocycles. The van der Waals surface area contributed by atoms with Gasteiger partial charge in [0, 0.05) is 36.2 Å². The maximum atomic E-state index is 11.7. The Balaban J connectivity index is 1.51. The molecule has 2 aliphatic carbocycles. The van der Waals surface area contributed by atoms with E-state index in [0.717, 1.165) is 61.5 Å². The Hall–Kier alpha value is -2.30. The summed E-state index contributed by atoms with van der Waals surface area (Å²) in [6.07, 6.45) is 12.0. The first kappa shape index (κ1) is 25.4. The quantitative estimate of drug-likeness (QED) is 0.298. The molecule has 0 aromatic heterocycles. The monoisotopic (exact) mass is 507 g/mol. The van der Waals surface area contributed by atoms with E-state index in [1.807, 2.05) is 31.4 Å². The molecule has 1 spiro atoms. The second kappa shape index (κ2) is 10.2. The third-order valence-corrected chi connectivity index (χ3v) is 9.17. The Kier molecular flexibility index (Phi) is 7.20. The standard InChI is InChI=1S/C31H38ClNO3/c1-4-5-14-30(2,35-3)26-11-9-24(26)18-33-20-31(15-6-7-23-17-25(32)10-12-27(23)31)21-36-29-13-8-22(19-34)16-28(29)33/h5,8,10,12-14,16-17,19,24,26H,4,6-7,9,11,15,18,20-21H2,1-3H3/b14-5+/t24?,26?,30-,31-/m0/s1. The number of aryl methyl sites for hydroxylation is 1. The van der Waals surface area contributed by atoms with Crippen LogP contribution in [-0.2, 0) is 16.6 Å². The van der Waals surface area contributed by atoms with E-state index in [1.165, 1.54) is 24.0 Å². The number of ether oxygens (including phenoxy) is 2. The lowest BCUT2D eigenvalue weighted by Gasteiger charge is -2.49. The summed E-state index contributed by atoms with van der Waals surface area (Å²) in [5, 5.41) is 0.799. The van der Waals surface area contributed by atoms with Gasteiger partial charge in [-0.2, -0.15) is 0 Å². The second-order valence-electron chi connectivity index (χ2n) is 11.1. The van der Waals surface area contributed by atoms with Gasteiger partial charge in [0.2, 0.25) is 0 Å². The van der Waals surface area contributed by atoms with Crippen LogP contribution in [-0.4, -0.2) is 38.7 Å². The van der Waals surface area contributed by atoms with Gasteiger partial charge in [-0.1, -0.05) is 36.7 Å². The number of benzene rings is 2. The minimum atomic E-state index is -0.263. The molecule has 4 atom stereocenters. The fourth-order valence-electron chi connectivity index (χ4n) is 6.72. The Morgan fingerprint density at radius 1 is 1.25 bits per heavy atom. The Morgan fingerprint density at radius 3 is 2.83 bits per heavy atom. The molecule has 1 aliphatic heterocycles. The number of aldehydes is 1. The summed E-state index contributed by atoms with van der Waals surface area (Å²) in [4.78, 5) is 14.2. The van der Waals surface area contributed by atoms with Crippen LogP contribution in [0.1, 0.15) is 67.4 Å². The van der Waals surface area contributed by atoms with Gasteiger partial charge in [0.1, 0.15) is 12.0 Å². The molecule has 1 heterocycles. The molecular weight excluding hydrogens is 470 g/mol. The highest BCUT2D eigenvalue weighted by molar-refractivity contribution is 6.30. The first-order valence-electron chi connectivity index (χ1n) is 13.4. The molecule has 2 unspecified atom stereocenters. The van der Waals surface area contributed by atoms with Gasteiger partial charge in [-0.3, -0.25) is 4.79 Å². The summed E-state index contributed by atoms with van der Waals surface area (Å²) in [6, 6.07) is 12.2. The van der Waals surface area contributed by atoms with Crippen molar-refractivity contribution < 1.29 is 14.3 Å². The molecular formula is C31H38ClNO3. The van der Waals surface area contributed by atoms with E-state index in [4.69, 9.17) is 21.1 Å². The lowest BCUT2D eigenvalue weighted by molar-refractivity contribution is -0.0621. The molecule has 1 saturated carbocycles. The molecule has 36 heavy (non-hydrogen) atoms. The van der Waals surface area contributed by atoms with Crippen molar-refractivity contribution in [2.75, 3.05) is 31.7 Å². The van der Waals surface area contributed by atoms with E-state index < -0.39 is 0 Å². The summed E-state index contributed by atoms with van der Waals surface area (Å²) in [5.74, 6) is 1.84. The van der Waals surface area contributed by atoms with Crippen LogP contribution >= 0.6 is 11.6 Å². The fraction of sp³-hybridized carbons (Fsp3) is 0.516. The Bertz CT molecular complexity index is 1150. The van der Waals surface area contributed by atoms with Gasteiger partial charge in [-0.05, 0) is 98.7 Å². The Labute approximate surface area is 220 Å². The molecule has 0 radical (unpaired) electrons. The fourth-order valence-corrected chi connectivity index (χ4v) is 6.92. The number of fused-ring (bicyclic) bond motifs is 3. The molecule has 1 fully saturated rings. The zero-order chi connectivity index (χ0) is 25.3. The number of carbonyl (C=O) groups excluding carboxylic acids is 1. The molecule has 192 valence electrons. The van der Waals surface area contributed by atoms with Gasteiger partial charge >= 0.3 is 0 Å². The van der Waals surface area contributed by atoms with Crippen molar-refractivity contribution in [2.24, 2.45) is 11.8 Å². The lowest BCUT2D eigenvalue weighted by atomic mass is 9.64. The molecule has 5 heteroatoms. The molecule has 3 aliphatic rings. The van der Waals surface area contributed by atoms with E-state index in [1.54, 1.807) is 0 Å². The van der Waals surface area contributed by atoms with Crippen molar-refractivity contribution in [3.8, 4) is 5.75 Å². The van der Waals surface area contributed by atoms with Gasteiger partial charge in [-0.15, -0.1) is 0 Å². The van der Waals surface area contributed by atoms with Crippen LogP contribution in [0.3, 0.4) is 0 Å². The summed E-state index contributed by atoms with van der Waals surface area (Å²) >= 11 is 6.38. The van der Waals surface area contributed by atoms with Gasteiger partial charge in [0.15, 0.2) is 0 Å². The molecule has 2 aromatic carbocycles. The van der Waals surface area contributed by atoms with Crippen molar-refractivity contribution in [1.82, 2.24) is 0 Å². The van der Waals surface area contributed by atoms with E-state index in [9.17, 15) is 4.79 Å². The average Bonchev–Trinajstić information content (AvgIpc) is 3.02. The summed E-state index contributed by atoms with van der Waals surface area (Å²) in [5.41, 5.74) is 4.06. The van der Waals surface area contributed by atoms with Crippen molar-refractivity contribution in [3.63, 3.8) is 0 Å². The van der Waals surface area contributed by atoms with E-state index in [2.05, 4.69) is 43.0 Å². The summed E-state index contributed by atoms with van der Waals surface area (Å²) in [7, 11) is 1.83. The number of methoxy groups -OCH3 is 1. The van der Waals surface area contributed by atoms with E-state index in [-0.39, 0.29) is 11.0 Å². The van der Waals surface area contributed by atoms with Crippen LogP contribution in [0.15, 0.2) is 48.6 Å². The third kappa shape index (κ3) is 4.59. The highest BCUT2D eigenvalue weighted by atomic mass is 35.5. The minimum absolute atomic E-state index is 0.107. The van der Waals surface area contributed by atoms with Crippen molar-refractivity contribution >= 4 is 23.6 Å². The molecule has 0 bridgehead atoms. The van der Waals surface area contributed by atoms with Gasteiger partial charge in [0.25, 0.3) is 0 Å². The van der Waals surface area contributed by atoms with Crippen molar-refractivity contribution in [2.45, 2.75) is 63.4 Å². The normalized spacial score (nSPS) is 26.9. The van der Waals surface area contributed by atoms with Crippen LogP contribution in [0.2, 0.25) is 5.02 Å². The largest absolute Gasteiger partial charge is 0.490 e. The first-order valence-corrected chi connectivity index (χ1v) is 13.8. The lowest BCUT2D eigenvalue weighted by Crippen LogP contribution is -2.52. The number of hydrogen-bond donors (Lipinski definition) is 0. The van der Waals surface area contributed by atoms with E-state index in [0.29, 0.717) is 24.0 Å². The molecule has 0 N–H and O–H groups in total. The number of nitrogens with zero attached hydrogens (tertiary/aromatic N) is 1. The zero-order valence-corrected chi connectivity index (χ0v) is 22.5. The van der Waals surface area contributed by atoms with Crippen LogP contribution < -0.4 is 9.64 Å². The van der Waals surface area contributed by atoms with Gasteiger partial charge in [-0.25, -0.2) is 0 Å². The number of hydrogen-bond acceptors (Lipinski definition) is 4. The molecule has 0 amide bonds. The number of allylic oxidation sites excluding steroid dienone is 1. The average molecular weight is 508 g/mol. The van der Waals surface area contributed by atoms with Crippen LogP contribution in [0.5, 0.6) is 5.75 Å². The maximum Gasteiger partial charge on any atom is 0.150 e. The highest BCUT2D eigenvalue weighted by Crippen LogP contribution is 2.48. The predicted octanol–water partition coefficient (Wildman–Crippen LogP) is 7.02. The molecule has 2 aromatic rings. The maximum absolute atomic E-state index is 11.7.